The molecule has 24 heavy (non-hydrogen) atoms. The van der Waals surface area contributed by atoms with E-state index in [0.29, 0.717) is 10.9 Å². The SMILES string of the molecule is O=C(O)/C=C\c1cc2ccccc2n1S(=O)(=O)c1ccc(Br)cc1. The molecule has 0 radical (unpaired) electrons. The largest absolute Gasteiger partial charge is 0.478 e. The fourth-order valence-corrected chi connectivity index (χ4v) is 4.18. The number of hydrogen-bond acceptors (Lipinski definition) is 3. The average Bonchev–Trinajstić information content (AvgIpc) is 2.92. The molecule has 1 aromatic heterocycles. The summed E-state index contributed by atoms with van der Waals surface area (Å²) in [6, 6.07) is 14.9. The number of carboxylic acid groups (broad SMARTS) is 1. The first-order valence-corrected chi connectivity index (χ1v) is 9.15. The van der Waals surface area contributed by atoms with E-state index in [1.54, 1.807) is 42.5 Å². The van der Waals surface area contributed by atoms with Crippen LogP contribution in [0.25, 0.3) is 17.0 Å². The lowest BCUT2D eigenvalue weighted by Gasteiger charge is -2.10. The van der Waals surface area contributed by atoms with E-state index in [9.17, 15) is 13.2 Å². The van der Waals surface area contributed by atoms with Crippen LogP contribution < -0.4 is 0 Å². The zero-order chi connectivity index (χ0) is 17.3. The summed E-state index contributed by atoms with van der Waals surface area (Å²) in [4.78, 5) is 10.9. The number of aromatic nitrogens is 1. The Morgan fingerprint density at radius 1 is 1.08 bits per heavy atom. The van der Waals surface area contributed by atoms with Crippen molar-refractivity contribution in [1.82, 2.24) is 3.97 Å². The number of para-hydroxylation sites is 1. The Morgan fingerprint density at radius 2 is 1.75 bits per heavy atom. The summed E-state index contributed by atoms with van der Waals surface area (Å²) in [6.45, 7) is 0. The third-order valence-corrected chi connectivity index (χ3v) is 5.73. The Bertz CT molecular complexity index is 1050. The van der Waals surface area contributed by atoms with Gasteiger partial charge in [0, 0.05) is 15.9 Å². The van der Waals surface area contributed by atoms with Gasteiger partial charge in [-0.2, -0.15) is 0 Å². The number of halogens is 1. The van der Waals surface area contributed by atoms with Crippen LogP contribution in [0.4, 0.5) is 0 Å². The van der Waals surface area contributed by atoms with E-state index in [1.807, 2.05) is 0 Å². The number of carbonyl (C=O) groups is 1. The molecule has 0 aliphatic carbocycles. The molecular weight excluding hydrogens is 394 g/mol. The van der Waals surface area contributed by atoms with Gasteiger partial charge in [-0.15, -0.1) is 0 Å². The van der Waals surface area contributed by atoms with Crippen molar-refractivity contribution in [2.24, 2.45) is 0 Å². The lowest BCUT2D eigenvalue weighted by molar-refractivity contribution is -0.131. The maximum atomic E-state index is 13.1. The zero-order valence-electron chi connectivity index (χ0n) is 12.3. The standard InChI is InChI=1S/C17H12BrNO4S/c18-13-5-8-15(9-6-13)24(22,23)19-14(7-10-17(20)21)11-12-3-1-2-4-16(12)19/h1-11H,(H,20,21)/b10-7-. The highest BCUT2D eigenvalue weighted by atomic mass is 79.9. The molecule has 122 valence electrons. The minimum Gasteiger partial charge on any atom is -0.478 e. The first-order chi connectivity index (χ1) is 11.4. The van der Waals surface area contributed by atoms with Crippen molar-refractivity contribution >= 4 is 48.9 Å². The van der Waals surface area contributed by atoms with Crippen LogP contribution in [-0.4, -0.2) is 23.5 Å². The molecule has 0 amide bonds. The van der Waals surface area contributed by atoms with Gasteiger partial charge in [-0.1, -0.05) is 34.1 Å². The highest BCUT2D eigenvalue weighted by molar-refractivity contribution is 9.10. The Morgan fingerprint density at radius 3 is 2.42 bits per heavy atom. The molecule has 0 fully saturated rings. The molecule has 0 aliphatic heterocycles. The predicted octanol–water partition coefficient (Wildman–Crippen LogP) is 3.74. The lowest BCUT2D eigenvalue weighted by atomic mass is 10.2. The molecule has 0 saturated carbocycles. The van der Waals surface area contributed by atoms with Gasteiger partial charge in [0.2, 0.25) is 0 Å². The summed E-state index contributed by atoms with van der Waals surface area (Å²) >= 11 is 3.28. The minimum absolute atomic E-state index is 0.122. The summed E-state index contributed by atoms with van der Waals surface area (Å²) in [7, 11) is -3.87. The van der Waals surface area contributed by atoms with Crippen LogP contribution in [0.3, 0.4) is 0 Å². The van der Waals surface area contributed by atoms with E-state index >= 15 is 0 Å². The number of fused-ring (bicyclic) bond motifs is 1. The molecule has 7 heteroatoms. The summed E-state index contributed by atoms with van der Waals surface area (Å²) in [5.74, 6) is -1.15. The van der Waals surface area contributed by atoms with Gasteiger partial charge in [0.25, 0.3) is 10.0 Å². The first-order valence-electron chi connectivity index (χ1n) is 6.92. The molecule has 5 nitrogen and oxygen atoms in total. The van der Waals surface area contributed by atoms with Crippen molar-refractivity contribution in [1.29, 1.82) is 0 Å². The second kappa shape index (κ2) is 6.26. The van der Waals surface area contributed by atoms with Crippen molar-refractivity contribution < 1.29 is 18.3 Å². The molecule has 1 N–H and O–H groups in total. The van der Waals surface area contributed by atoms with Crippen molar-refractivity contribution in [3.05, 3.63) is 70.8 Å². The van der Waals surface area contributed by atoms with E-state index in [2.05, 4.69) is 15.9 Å². The quantitative estimate of drug-likeness (QED) is 0.670. The number of aliphatic carboxylic acids is 1. The van der Waals surface area contributed by atoms with Crippen molar-refractivity contribution in [2.75, 3.05) is 0 Å². The van der Waals surface area contributed by atoms with Crippen LogP contribution in [0.5, 0.6) is 0 Å². The van der Waals surface area contributed by atoms with Crippen LogP contribution in [0.15, 0.2) is 70.0 Å². The van der Waals surface area contributed by atoms with Crippen LogP contribution in [-0.2, 0) is 14.8 Å². The Balaban J connectivity index is 2.28. The van der Waals surface area contributed by atoms with Gasteiger partial charge in [0.15, 0.2) is 0 Å². The van der Waals surface area contributed by atoms with E-state index < -0.39 is 16.0 Å². The van der Waals surface area contributed by atoms with E-state index in [1.165, 1.54) is 18.2 Å². The van der Waals surface area contributed by atoms with Crippen molar-refractivity contribution in [3.63, 3.8) is 0 Å². The Kier molecular flexibility index (Phi) is 4.29. The number of carboxylic acids is 1. The molecule has 0 spiro atoms. The summed E-state index contributed by atoms with van der Waals surface area (Å²) in [5.41, 5.74) is 0.770. The molecule has 3 aromatic rings. The second-order valence-electron chi connectivity index (χ2n) is 5.02. The molecule has 0 aliphatic rings. The minimum atomic E-state index is -3.87. The summed E-state index contributed by atoms with van der Waals surface area (Å²) in [5, 5.41) is 9.55. The molecular formula is C17H12BrNO4S. The maximum Gasteiger partial charge on any atom is 0.328 e. The number of benzene rings is 2. The van der Waals surface area contributed by atoms with Crippen LogP contribution in [0.1, 0.15) is 5.69 Å². The van der Waals surface area contributed by atoms with E-state index in [-0.39, 0.29) is 10.6 Å². The summed E-state index contributed by atoms with van der Waals surface area (Å²) < 4.78 is 28.0. The first kappa shape index (κ1) is 16.5. The van der Waals surface area contributed by atoms with Gasteiger partial charge < -0.3 is 5.11 Å². The monoisotopic (exact) mass is 405 g/mol. The van der Waals surface area contributed by atoms with Crippen LogP contribution in [0, 0.1) is 0 Å². The lowest BCUT2D eigenvalue weighted by Crippen LogP contribution is -2.14. The molecule has 2 aromatic carbocycles. The van der Waals surface area contributed by atoms with Crippen molar-refractivity contribution in [3.8, 4) is 0 Å². The van der Waals surface area contributed by atoms with E-state index in [4.69, 9.17) is 5.11 Å². The van der Waals surface area contributed by atoms with Crippen LogP contribution in [0.2, 0.25) is 0 Å². The zero-order valence-corrected chi connectivity index (χ0v) is 14.7. The number of hydrogen-bond donors (Lipinski definition) is 1. The highest BCUT2D eigenvalue weighted by Crippen LogP contribution is 2.27. The van der Waals surface area contributed by atoms with Crippen LogP contribution >= 0.6 is 15.9 Å². The fourth-order valence-electron chi connectivity index (χ4n) is 2.40. The highest BCUT2D eigenvalue weighted by Gasteiger charge is 2.22. The predicted molar refractivity (Wildman–Crippen MR) is 95.3 cm³/mol. The summed E-state index contributed by atoms with van der Waals surface area (Å²) in [6.07, 6.45) is 2.19. The topological polar surface area (TPSA) is 76.4 Å². The number of nitrogens with zero attached hydrogens (tertiary/aromatic N) is 1. The van der Waals surface area contributed by atoms with Crippen molar-refractivity contribution in [2.45, 2.75) is 4.90 Å². The maximum absolute atomic E-state index is 13.1. The third-order valence-electron chi connectivity index (χ3n) is 3.44. The molecule has 0 bridgehead atoms. The van der Waals surface area contributed by atoms with Gasteiger partial charge in [-0.3, -0.25) is 0 Å². The smallest absolute Gasteiger partial charge is 0.328 e. The third kappa shape index (κ3) is 3.00. The average molecular weight is 406 g/mol. The number of rotatable bonds is 4. The normalized spacial score (nSPS) is 12.0. The van der Waals surface area contributed by atoms with Gasteiger partial charge >= 0.3 is 5.97 Å². The fraction of sp³-hybridized carbons (Fsp3) is 0. The molecule has 3 rings (SSSR count). The Hall–Kier alpha value is -2.38. The van der Waals surface area contributed by atoms with Gasteiger partial charge in [0.1, 0.15) is 0 Å². The molecule has 0 atom stereocenters. The second-order valence-corrected chi connectivity index (χ2v) is 7.73. The van der Waals surface area contributed by atoms with Gasteiger partial charge in [-0.25, -0.2) is 17.2 Å². The molecule has 1 heterocycles. The van der Waals surface area contributed by atoms with Gasteiger partial charge in [-0.05, 0) is 42.5 Å². The Labute approximate surface area is 147 Å². The van der Waals surface area contributed by atoms with Gasteiger partial charge in [0.05, 0.1) is 16.1 Å². The van der Waals surface area contributed by atoms with E-state index in [0.717, 1.165) is 14.5 Å². The molecule has 0 unspecified atom stereocenters. The molecule has 0 saturated heterocycles.